The number of aryl methyl sites for hydroxylation is 2. The lowest BCUT2D eigenvalue weighted by atomic mass is 9.79. The molecule has 2 aliphatic rings. The normalized spacial score (nSPS) is 22.0. The summed E-state index contributed by atoms with van der Waals surface area (Å²) in [5, 5.41) is 1.28. The summed E-state index contributed by atoms with van der Waals surface area (Å²) < 4.78 is 6.43. The molecule has 5 rings (SSSR count). The number of benzene rings is 2. The number of halogens is 1. The van der Waals surface area contributed by atoms with E-state index in [1.54, 1.807) is 0 Å². The van der Waals surface area contributed by atoms with Crippen molar-refractivity contribution in [3.05, 3.63) is 77.0 Å². The van der Waals surface area contributed by atoms with Gasteiger partial charge in [0, 0.05) is 37.1 Å². The zero-order valence-electron chi connectivity index (χ0n) is 16.4. The minimum Gasteiger partial charge on any atom is -0.372 e. The summed E-state index contributed by atoms with van der Waals surface area (Å²) in [6.45, 7) is 6.11. The first-order valence-electron chi connectivity index (χ1n) is 10.00. The van der Waals surface area contributed by atoms with E-state index in [0.717, 1.165) is 51.0 Å². The number of para-hydroxylation sites is 1. The highest BCUT2D eigenvalue weighted by Gasteiger charge is 2.40. The van der Waals surface area contributed by atoms with Crippen molar-refractivity contribution in [3.8, 4) is 0 Å². The van der Waals surface area contributed by atoms with Crippen LogP contribution in [0.25, 0.3) is 10.9 Å². The zero-order chi connectivity index (χ0) is 18.3. The van der Waals surface area contributed by atoms with E-state index in [2.05, 4.69) is 66.4 Å². The molecule has 1 saturated heterocycles. The van der Waals surface area contributed by atoms with Gasteiger partial charge in [0.15, 0.2) is 0 Å². The molecule has 1 unspecified atom stereocenters. The van der Waals surface area contributed by atoms with Crippen molar-refractivity contribution in [2.24, 2.45) is 0 Å². The summed E-state index contributed by atoms with van der Waals surface area (Å²) in [5.41, 5.74) is 6.53. The molecule has 146 valence electrons. The number of hydrogen-bond donors (Lipinski definition) is 0. The third-order valence-electron chi connectivity index (χ3n) is 6.26. The molecule has 1 aliphatic heterocycles. The minimum absolute atomic E-state index is 0. The van der Waals surface area contributed by atoms with Crippen LogP contribution in [0.4, 0.5) is 0 Å². The van der Waals surface area contributed by atoms with Crippen LogP contribution in [-0.2, 0) is 24.1 Å². The molecule has 2 heterocycles. The number of aromatic nitrogens is 1. The Morgan fingerprint density at radius 2 is 1.86 bits per heavy atom. The van der Waals surface area contributed by atoms with E-state index in [-0.39, 0.29) is 18.0 Å². The fourth-order valence-corrected chi connectivity index (χ4v) is 4.84. The first-order valence-corrected chi connectivity index (χ1v) is 10.00. The molecule has 1 atom stereocenters. The molecule has 3 nitrogen and oxygen atoms in total. The van der Waals surface area contributed by atoms with Gasteiger partial charge in [-0.05, 0) is 42.5 Å². The van der Waals surface area contributed by atoms with E-state index in [9.17, 15) is 0 Å². The lowest BCUT2D eigenvalue weighted by Crippen LogP contribution is -2.54. The molecular formula is C24H27ClN2O. The summed E-state index contributed by atoms with van der Waals surface area (Å²) in [5.74, 6) is 0. The Bertz CT molecular complexity index is 975. The average Bonchev–Trinajstić information content (AvgIpc) is 2.70. The minimum atomic E-state index is -0.0606. The molecular weight excluding hydrogens is 368 g/mol. The van der Waals surface area contributed by atoms with Crippen LogP contribution >= 0.6 is 12.4 Å². The van der Waals surface area contributed by atoms with E-state index in [1.165, 1.54) is 27.8 Å². The van der Waals surface area contributed by atoms with Gasteiger partial charge in [-0.3, -0.25) is 9.88 Å². The van der Waals surface area contributed by atoms with Crippen molar-refractivity contribution >= 4 is 23.3 Å². The number of morpholine rings is 1. The van der Waals surface area contributed by atoms with Gasteiger partial charge in [0.1, 0.15) is 0 Å². The van der Waals surface area contributed by atoms with Crippen molar-refractivity contribution in [1.82, 2.24) is 9.88 Å². The van der Waals surface area contributed by atoms with Crippen molar-refractivity contribution < 1.29 is 4.74 Å². The maximum atomic E-state index is 6.43. The van der Waals surface area contributed by atoms with Crippen molar-refractivity contribution in [2.75, 3.05) is 19.7 Å². The van der Waals surface area contributed by atoms with Crippen LogP contribution in [0.2, 0.25) is 0 Å². The van der Waals surface area contributed by atoms with E-state index in [0.29, 0.717) is 0 Å². The standard InChI is InChI=1S/C24H26N2O.ClH/c1-18-20-9-5-6-10-22(20)25-23-11-12-24(15-21(18)23)17-26(13-14-27-24)16-19-7-3-2-4-8-19;/h2-10H,11-17H2,1H3;1H. The maximum absolute atomic E-state index is 6.43. The average molecular weight is 395 g/mol. The highest BCUT2D eigenvalue weighted by molar-refractivity contribution is 5.85. The second-order valence-corrected chi connectivity index (χ2v) is 8.08. The van der Waals surface area contributed by atoms with Crippen LogP contribution in [0.1, 0.15) is 28.8 Å². The molecule has 2 aromatic carbocycles. The Balaban J connectivity index is 0.00000192. The predicted octanol–water partition coefficient (Wildman–Crippen LogP) is 4.72. The van der Waals surface area contributed by atoms with Crippen LogP contribution in [0.3, 0.4) is 0 Å². The molecule has 4 heteroatoms. The largest absolute Gasteiger partial charge is 0.372 e. The number of nitrogens with zero attached hydrogens (tertiary/aromatic N) is 2. The second kappa shape index (κ2) is 7.82. The van der Waals surface area contributed by atoms with Gasteiger partial charge >= 0.3 is 0 Å². The van der Waals surface area contributed by atoms with Crippen molar-refractivity contribution in [2.45, 2.75) is 38.3 Å². The number of ether oxygens (including phenoxy) is 1. The fourth-order valence-electron chi connectivity index (χ4n) is 4.84. The summed E-state index contributed by atoms with van der Waals surface area (Å²) in [4.78, 5) is 7.54. The van der Waals surface area contributed by atoms with Gasteiger partial charge in [-0.1, -0.05) is 48.5 Å². The maximum Gasteiger partial charge on any atom is 0.0854 e. The lowest BCUT2D eigenvalue weighted by Gasteiger charge is -2.45. The van der Waals surface area contributed by atoms with Gasteiger partial charge in [-0.15, -0.1) is 12.4 Å². The molecule has 0 radical (unpaired) electrons. The Labute approximate surface area is 173 Å². The van der Waals surface area contributed by atoms with Crippen LogP contribution in [-0.4, -0.2) is 35.2 Å². The van der Waals surface area contributed by atoms with Crippen molar-refractivity contribution in [1.29, 1.82) is 0 Å². The lowest BCUT2D eigenvalue weighted by molar-refractivity contribution is -0.118. The highest BCUT2D eigenvalue weighted by Crippen LogP contribution is 2.37. The Kier molecular flexibility index (Phi) is 5.42. The van der Waals surface area contributed by atoms with Crippen LogP contribution in [0.15, 0.2) is 54.6 Å². The quantitative estimate of drug-likeness (QED) is 0.628. The molecule has 1 aliphatic carbocycles. The van der Waals surface area contributed by atoms with E-state index in [4.69, 9.17) is 9.72 Å². The van der Waals surface area contributed by atoms with Gasteiger partial charge in [-0.2, -0.15) is 0 Å². The summed E-state index contributed by atoms with van der Waals surface area (Å²) in [6, 6.07) is 19.3. The Morgan fingerprint density at radius 1 is 1.07 bits per heavy atom. The number of rotatable bonds is 2. The smallest absolute Gasteiger partial charge is 0.0854 e. The second-order valence-electron chi connectivity index (χ2n) is 8.08. The zero-order valence-corrected chi connectivity index (χ0v) is 17.2. The first kappa shape index (κ1) is 19.4. The van der Waals surface area contributed by atoms with Crippen LogP contribution in [0.5, 0.6) is 0 Å². The molecule has 1 aromatic heterocycles. The van der Waals surface area contributed by atoms with Gasteiger partial charge in [-0.25, -0.2) is 0 Å². The van der Waals surface area contributed by atoms with E-state index < -0.39 is 0 Å². The van der Waals surface area contributed by atoms with Crippen LogP contribution in [0, 0.1) is 6.92 Å². The van der Waals surface area contributed by atoms with Crippen LogP contribution < -0.4 is 0 Å². The summed E-state index contributed by atoms with van der Waals surface area (Å²) >= 11 is 0. The Morgan fingerprint density at radius 3 is 2.71 bits per heavy atom. The highest BCUT2D eigenvalue weighted by atomic mass is 35.5. The molecule has 0 bridgehead atoms. The molecule has 1 fully saturated rings. The molecule has 0 amide bonds. The third kappa shape index (κ3) is 3.55. The van der Waals surface area contributed by atoms with Crippen molar-refractivity contribution in [3.63, 3.8) is 0 Å². The van der Waals surface area contributed by atoms with Gasteiger partial charge in [0.2, 0.25) is 0 Å². The number of fused-ring (bicyclic) bond motifs is 2. The van der Waals surface area contributed by atoms with E-state index >= 15 is 0 Å². The van der Waals surface area contributed by atoms with Gasteiger partial charge in [0.25, 0.3) is 0 Å². The molecule has 0 N–H and O–H groups in total. The molecule has 1 spiro atoms. The Hall–Kier alpha value is -1.94. The third-order valence-corrected chi connectivity index (χ3v) is 6.26. The van der Waals surface area contributed by atoms with Gasteiger partial charge < -0.3 is 4.74 Å². The monoisotopic (exact) mass is 394 g/mol. The summed E-state index contributed by atoms with van der Waals surface area (Å²) in [7, 11) is 0. The summed E-state index contributed by atoms with van der Waals surface area (Å²) in [6.07, 6.45) is 3.06. The topological polar surface area (TPSA) is 25.4 Å². The SMILES string of the molecule is Cc1c2c(nc3ccccc13)CCC1(C2)CN(Cc2ccccc2)CCO1.Cl. The molecule has 28 heavy (non-hydrogen) atoms. The number of hydrogen-bond acceptors (Lipinski definition) is 3. The molecule has 0 saturated carbocycles. The predicted molar refractivity (Wildman–Crippen MR) is 116 cm³/mol. The van der Waals surface area contributed by atoms with E-state index in [1.807, 2.05) is 0 Å². The fraction of sp³-hybridized carbons (Fsp3) is 0.375. The first-order chi connectivity index (χ1) is 13.2. The molecule has 3 aromatic rings. The number of pyridine rings is 1. The van der Waals surface area contributed by atoms with Gasteiger partial charge in [0.05, 0.1) is 17.7 Å².